The zero-order chi connectivity index (χ0) is 24.5. The first-order chi connectivity index (χ1) is 14.8. The van der Waals surface area contributed by atoms with Gasteiger partial charge in [-0.25, -0.2) is 0 Å². The molecule has 0 saturated carbocycles. The van der Waals surface area contributed by atoms with Gasteiger partial charge in [0.05, 0.1) is 10.8 Å². The number of aryl methyl sites for hydroxylation is 1. The Morgan fingerprint density at radius 2 is 1.12 bits per heavy atom. The molecule has 1 rings (SSSR count). The van der Waals surface area contributed by atoms with E-state index in [9.17, 15) is 35.1 Å². The average Bonchev–Trinajstić information content (AvgIpc) is 2.70. The molecule has 0 heterocycles. The van der Waals surface area contributed by atoms with Gasteiger partial charge in [-0.2, -0.15) is 0 Å². The molecule has 0 radical (unpaired) electrons. The minimum atomic E-state index is -0.813. The van der Waals surface area contributed by atoms with E-state index < -0.39 is 28.5 Å². The zero-order valence-electron chi connectivity index (χ0n) is 19.9. The number of aliphatic carboxylic acids is 2. The molecule has 1 aromatic carbocycles. The quantitative estimate of drug-likeness (QED) is 0.172. The molecule has 7 nitrogen and oxygen atoms in total. The van der Waals surface area contributed by atoms with E-state index in [2.05, 4.69) is 0 Å². The van der Waals surface area contributed by atoms with Gasteiger partial charge >= 0.3 is 11.9 Å². The largest absolute Gasteiger partial charge is 0.504 e. The number of unbranched alkanes of at least 4 members (excludes halogenated alkanes) is 5. The van der Waals surface area contributed by atoms with Crippen molar-refractivity contribution in [1.82, 2.24) is 0 Å². The van der Waals surface area contributed by atoms with Crippen LogP contribution in [0.5, 0.6) is 17.2 Å². The fourth-order valence-corrected chi connectivity index (χ4v) is 3.73. The van der Waals surface area contributed by atoms with Gasteiger partial charge in [0, 0.05) is 5.56 Å². The third-order valence-electron chi connectivity index (χ3n) is 6.34. The van der Waals surface area contributed by atoms with Crippen molar-refractivity contribution >= 4 is 11.9 Å². The third-order valence-corrected chi connectivity index (χ3v) is 6.34. The van der Waals surface area contributed by atoms with Crippen LogP contribution in [0.1, 0.15) is 96.6 Å². The van der Waals surface area contributed by atoms with Crippen LogP contribution in [0.4, 0.5) is 0 Å². The summed E-state index contributed by atoms with van der Waals surface area (Å²) in [6.45, 7) is 6.87. The Hall–Kier alpha value is -2.44. The van der Waals surface area contributed by atoms with Gasteiger partial charge in [0.2, 0.25) is 5.75 Å². The van der Waals surface area contributed by atoms with Gasteiger partial charge in [0.1, 0.15) is 0 Å². The zero-order valence-corrected chi connectivity index (χ0v) is 19.9. The van der Waals surface area contributed by atoms with E-state index in [0.717, 1.165) is 50.5 Å². The summed E-state index contributed by atoms with van der Waals surface area (Å²) < 4.78 is 0. The molecule has 0 aromatic heterocycles. The van der Waals surface area contributed by atoms with E-state index in [-0.39, 0.29) is 11.5 Å². The molecule has 0 saturated heterocycles. The fourth-order valence-electron chi connectivity index (χ4n) is 3.73. The second kappa shape index (κ2) is 12.0. The summed E-state index contributed by atoms with van der Waals surface area (Å²) in [6.07, 6.45) is 8.13. The van der Waals surface area contributed by atoms with Crippen LogP contribution in [0.15, 0.2) is 6.07 Å². The first-order valence-corrected chi connectivity index (χ1v) is 11.5. The second-order valence-corrected chi connectivity index (χ2v) is 10.1. The highest BCUT2D eigenvalue weighted by atomic mass is 16.4. The first-order valence-electron chi connectivity index (χ1n) is 11.5. The summed E-state index contributed by atoms with van der Waals surface area (Å²) in [5.74, 6) is -2.73. The van der Waals surface area contributed by atoms with Gasteiger partial charge in [0.25, 0.3) is 0 Å². The summed E-state index contributed by atoms with van der Waals surface area (Å²) >= 11 is 0. The lowest BCUT2D eigenvalue weighted by atomic mass is 9.86. The molecular weight excluding hydrogens is 412 g/mol. The van der Waals surface area contributed by atoms with Gasteiger partial charge in [-0.1, -0.05) is 32.1 Å². The maximum atomic E-state index is 11.2. The van der Waals surface area contributed by atoms with Crippen LogP contribution >= 0.6 is 0 Å². The lowest BCUT2D eigenvalue weighted by Crippen LogP contribution is -2.23. The van der Waals surface area contributed by atoms with Crippen LogP contribution in [-0.4, -0.2) is 37.5 Å². The van der Waals surface area contributed by atoms with Crippen LogP contribution < -0.4 is 0 Å². The van der Waals surface area contributed by atoms with Crippen LogP contribution in [0.3, 0.4) is 0 Å². The van der Waals surface area contributed by atoms with Crippen molar-refractivity contribution in [3.63, 3.8) is 0 Å². The first kappa shape index (κ1) is 27.6. The van der Waals surface area contributed by atoms with E-state index in [4.69, 9.17) is 0 Å². The van der Waals surface area contributed by atoms with E-state index in [1.165, 1.54) is 6.07 Å². The van der Waals surface area contributed by atoms with Crippen molar-refractivity contribution < 1.29 is 35.1 Å². The van der Waals surface area contributed by atoms with Crippen molar-refractivity contribution in [2.45, 2.75) is 98.3 Å². The number of rotatable bonds is 15. The predicted octanol–water partition coefficient (Wildman–Crippen LogP) is 5.62. The number of carbonyl (C=O) groups is 2. The van der Waals surface area contributed by atoms with Gasteiger partial charge in [-0.3, -0.25) is 9.59 Å². The van der Waals surface area contributed by atoms with Crippen molar-refractivity contribution in [3.05, 3.63) is 17.2 Å². The van der Waals surface area contributed by atoms with Crippen LogP contribution in [0.2, 0.25) is 0 Å². The summed E-state index contributed by atoms with van der Waals surface area (Å²) in [5, 5.41) is 48.6. The Balaban J connectivity index is 2.59. The predicted molar refractivity (Wildman–Crippen MR) is 123 cm³/mol. The Labute approximate surface area is 191 Å². The molecule has 32 heavy (non-hydrogen) atoms. The second-order valence-electron chi connectivity index (χ2n) is 10.1. The molecule has 0 atom stereocenters. The van der Waals surface area contributed by atoms with E-state index >= 15 is 0 Å². The maximum absolute atomic E-state index is 11.2. The molecule has 0 bridgehead atoms. The molecule has 0 spiro atoms. The van der Waals surface area contributed by atoms with E-state index in [0.29, 0.717) is 31.2 Å². The smallest absolute Gasteiger partial charge is 0.309 e. The van der Waals surface area contributed by atoms with Gasteiger partial charge in [-0.05, 0) is 77.8 Å². The van der Waals surface area contributed by atoms with Gasteiger partial charge in [-0.15, -0.1) is 0 Å². The van der Waals surface area contributed by atoms with Crippen molar-refractivity contribution in [2.75, 3.05) is 0 Å². The number of hydrogen-bond acceptors (Lipinski definition) is 5. The monoisotopic (exact) mass is 452 g/mol. The molecule has 0 amide bonds. The normalized spacial score (nSPS) is 12.1. The average molecular weight is 453 g/mol. The molecule has 182 valence electrons. The third kappa shape index (κ3) is 8.24. The summed E-state index contributed by atoms with van der Waals surface area (Å²) in [6, 6.07) is 1.51. The fraction of sp³-hybridized carbons (Fsp3) is 0.680. The highest BCUT2D eigenvalue weighted by molar-refractivity contribution is 5.73. The number of hydrogen-bond donors (Lipinski definition) is 5. The van der Waals surface area contributed by atoms with Crippen molar-refractivity contribution in [2.24, 2.45) is 10.8 Å². The molecule has 0 unspecified atom stereocenters. The van der Waals surface area contributed by atoms with Crippen LogP contribution in [0.25, 0.3) is 0 Å². The Bertz CT molecular complexity index is 781. The number of phenolic OH excluding ortho intramolecular Hbond substituents is 3. The van der Waals surface area contributed by atoms with Crippen LogP contribution in [0, 0.1) is 10.8 Å². The van der Waals surface area contributed by atoms with E-state index in [1.807, 2.05) is 0 Å². The Kier molecular flexibility index (Phi) is 10.3. The highest BCUT2D eigenvalue weighted by Crippen LogP contribution is 2.41. The lowest BCUT2D eigenvalue weighted by Gasteiger charge is -2.19. The Morgan fingerprint density at radius 1 is 0.688 bits per heavy atom. The maximum Gasteiger partial charge on any atom is 0.309 e. The number of carboxylic acids is 2. The highest BCUT2D eigenvalue weighted by Gasteiger charge is 2.27. The summed E-state index contributed by atoms with van der Waals surface area (Å²) in [7, 11) is 0. The molecule has 0 aliphatic rings. The molecule has 0 fully saturated rings. The Morgan fingerprint density at radius 3 is 1.62 bits per heavy atom. The van der Waals surface area contributed by atoms with E-state index in [1.54, 1.807) is 27.7 Å². The molecular formula is C25H40O7. The number of phenols is 3. The number of aromatic hydroxyl groups is 3. The van der Waals surface area contributed by atoms with Crippen LogP contribution in [-0.2, 0) is 22.4 Å². The molecule has 0 aliphatic heterocycles. The number of benzene rings is 1. The molecule has 0 aliphatic carbocycles. The van der Waals surface area contributed by atoms with Crippen molar-refractivity contribution in [3.8, 4) is 17.2 Å². The summed E-state index contributed by atoms with van der Waals surface area (Å²) in [4.78, 5) is 22.4. The summed E-state index contributed by atoms with van der Waals surface area (Å²) in [5.41, 5.74) is -0.0510. The van der Waals surface area contributed by atoms with Crippen molar-refractivity contribution in [1.29, 1.82) is 0 Å². The number of carboxylic acid groups (broad SMARTS) is 2. The topological polar surface area (TPSA) is 135 Å². The molecule has 5 N–H and O–H groups in total. The molecule has 7 heteroatoms. The minimum Gasteiger partial charge on any atom is -0.504 e. The van der Waals surface area contributed by atoms with Gasteiger partial charge in [0.15, 0.2) is 11.5 Å². The SMILES string of the molecule is CC(C)(CCCCCCc1cc(O)c(O)c(O)c1CCCCCC(C)(C)C(=O)O)C(=O)O. The van der Waals surface area contributed by atoms with Gasteiger partial charge < -0.3 is 25.5 Å². The minimum absolute atomic E-state index is 0.283. The standard InChI is InChI=1S/C25H40O7/c1-24(2,22(29)30)14-10-6-5-8-12-17-16-19(26)21(28)20(27)18(17)13-9-7-11-15-25(3,4)23(31)32/h16,26-28H,5-15H2,1-4H3,(H,29,30)(H,31,32). The lowest BCUT2D eigenvalue weighted by molar-refractivity contribution is -0.148. The molecule has 1 aromatic rings.